The Hall–Kier alpha value is -0.770. The van der Waals surface area contributed by atoms with E-state index in [-0.39, 0.29) is 5.54 Å². The number of aliphatic imine (C=N–C) groups is 1. The Morgan fingerprint density at radius 3 is 3.07 bits per heavy atom. The predicted molar refractivity (Wildman–Crippen MR) is 58.3 cm³/mol. The fourth-order valence-electron chi connectivity index (χ4n) is 2.81. The summed E-state index contributed by atoms with van der Waals surface area (Å²) in [7, 11) is 2.08. The summed E-state index contributed by atoms with van der Waals surface area (Å²) < 4.78 is 0. The third kappa shape index (κ3) is 1.21. The molecule has 2 heterocycles. The molecule has 4 heteroatoms. The molecule has 3 N–H and O–H groups in total. The molecule has 2 aliphatic heterocycles. The summed E-state index contributed by atoms with van der Waals surface area (Å²) in [5.74, 6) is 1.39. The van der Waals surface area contributed by atoms with Gasteiger partial charge in [0.15, 0.2) is 5.96 Å². The molecule has 4 nitrogen and oxygen atoms in total. The lowest BCUT2D eigenvalue weighted by molar-refractivity contribution is 0.0985. The van der Waals surface area contributed by atoms with E-state index in [9.17, 15) is 0 Å². The zero-order chi connectivity index (χ0) is 10.2. The third-order valence-corrected chi connectivity index (χ3v) is 3.90. The van der Waals surface area contributed by atoms with Crippen LogP contribution in [0.15, 0.2) is 4.99 Å². The van der Waals surface area contributed by atoms with Crippen LogP contribution in [0.5, 0.6) is 0 Å². The van der Waals surface area contributed by atoms with Gasteiger partial charge in [-0.1, -0.05) is 6.92 Å². The molecule has 0 aliphatic carbocycles. The molecule has 1 fully saturated rings. The van der Waals surface area contributed by atoms with Gasteiger partial charge in [0.2, 0.25) is 0 Å². The van der Waals surface area contributed by atoms with Crippen molar-refractivity contribution in [3.63, 3.8) is 0 Å². The number of nitrogens with one attached hydrogen (secondary N) is 1. The minimum absolute atomic E-state index is 0.212. The number of rotatable bonds is 1. The van der Waals surface area contributed by atoms with Crippen molar-refractivity contribution in [2.45, 2.75) is 25.3 Å². The Kier molecular flexibility index (Phi) is 2.39. The second-order valence-corrected chi connectivity index (χ2v) is 4.40. The van der Waals surface area contributed by atoms with Crippen molar-refractivity contribution in [2.24, 2.45) is 16.6 Å². The topological polar surface area (TPSA) is 53.6 Å². The summed E-state index contributed by atoms with van der Waals surface area (Å²) in [4.78, 5) is 6.58. The lowest BCUT2D eigenvalue weighted by atomic mass is 9.76. The maximum Gasteiger partial charge on any atom is 0.191 e. The molecule has 2 unspecified atom stereocenters. The van der Waals surface area contributed by atoms with Gasteiger partial charge in [-0.2, -0.15) is 0 Å². The Labute approximate surface area is 85.6 Å². The van der Waals surface area contributed by atoms with Crippen LogP contribution in [0.1, 0.15) is 19.8 Å². The molecule has 80 valence electrons. The second kappa shape index (κ2) is 3.42. The number of piperidine rings is 1. The molecule has 1 spiro atoms. The zero-order valence-corrected chi connectivity index (χ0v) is 9.08. The molecule has 0 radical (unpaired) electrons. The van der Waals surface area contributed by atoms with Gasteiger partial charge in [0.05, 0.1) is 12.1 Å². The number of nitrogens with zero attached hydrogens (tertiary/aromatic N) is 2. The summed E-state index contributed by atoms with van der Waals surface area (Å²) in [5, 5.41) is 3.45. The van der Waals surface area contributed by atoms with Gasteiger partial charge >= 0.3 is 0 Å². The summed E-state index contributed by atoms with van der Waals surface area (Å²) in [5.41, 5.74) is 6.07. The van der Waals surface area contributed by atoms with E-state index in [0.29, 0.717) is 11.9 Å². The van der Waals surface area contributed by atoms with Crippen molar-refractivity contribution in [2.75, 3.05) is 26.7 Å². The van der Waals surface area contributed by atoms with Crippen LogP contribution in [0.3, 0.4) is 0 Å². The fraction of sp³-hybridized carbons (Fsp3) is 0.900. The standard InChI is InChI=1S/C10H20N4/c1-3-8-6-12-5-4-10(8)7-13-9(11)14(10)2/h8,12H,3-7H2,1-2H3,(H2,11,13). The SMILES string of the molecule is CCC1CNCCC12CN=C(N)N2C. The van der Waals surface area contributed by atoms with Gasteiger partial charge in [-0.3, -0.25) is 4.99 Å². The molecule has 0 aromatic carbocycles. The maximum absolute atomic E-state index is 5.86. The molecular weight excluding hydrogens is 176 g/mol. The van der Waals surface area contributed by atoms with Crippen LogP contribution >= 0.6 is 0 Å². The van der Waals surface area contributed by atoms with Crippen LogP contribution < -0.4 is 11.1 Å². The number of hydrogen-bond donors (Lipinski definition) is 2. The normalized spacial score (nSPS) is 37.7. The third-order valence-electron chi connectivity index (χ3n) is 3.90. The molecule has 1 saturated heterocycles. The Morgan fingerprint density at radius 1 is 1.71 bits per heavy atom. The van der Waals surface area contributed by atoms with Crippen molar-refractivity contribution in [1.29, 1.82) is 0 Å². The number of hydrogen-bond acceptors (Lipinski definition) is 4. The van der Waals surface area contributed by atoms with Gasteiger partial charge in [-0.25, -0.2) is 0 Å². The highest BCUT2D eigenvalue weighted by molar-refractivity contribution is 5.80. The highest BCUT2D eigenvalue weighted by Crippen LogP contribution is 2.35. The predicted octanol–water partition coefficient (Wildman–Crippen LogP) is 0.00480. The summed E-state index contributed by atoms with van der Waals surface area (Å²) in [6, 6.07) is 0. The van der Waals surface area contributed by atoms with E-state index in [1.165, 1.54) is 6.42 Å². The van der Waals surface area contributed by atoms with Crippen molar-refractivity contribution < 1.29 is 0 Å². The van der Waals surface area contributed by atoms with E-state index in [0.717, 1.165) is 26.1 Å². The molecule has 0 bridgehead atoms. The molecular formula is C10H20N4. The molecule has 0 saturated carbocycles. The summed E-state index contributed by atoms with van der Waals surface area (Å²) in [6.45, 7) is 5.32. The second-order valence-electron chi connectivity index (χ2n) is 4.40. The molecule has 2 atom stereocenters. The first-order valence-corrected chi connectivity index (χ1v) is 5.45. The van der Waals surface area contributed by atoms with Gasteiger partial charge < -0.3 is 16.0 Å². The van der Waals surface area contributed by atoms with Gasteiger partial charge in [0.25, 0.3) is 0 Å². The van der Waals surface area contributed by atoms with E-state index < -0.39 is 0 Å². The van der Waals surface area contributed by atoms with E-state index in [2.05, 4.69) is 29.2 Å². The number of guanidine groups is 1. The lowest BCUT2D eigenvalue weighted by Gasteiger charge is -2.46. The van der Waals surface area contributed by atoms with E-state index in [1.807, 2.05) is 0 Å². The summed E-state index contributed by atoms with van der Waals surface area (Å²) >= 11 is 0. The average molecular weight is 196 g/mol. The average Bonchev–Trinajstić information content (AvgIpc) is 2.49. The maximum atomic E-state index is 5.86. The smallest absolute Gasteiger partial charge is 0.191 e. The molecule has 0 aromatic heterocycles. The molecule has 2 aliphatic rings. The molecule has 0 amide bonds. The zero-order valence-electron chi connectivity index (χ0n) is 9.08. The van der Waals surface area contributed by atoms with Crippen LogP contribution in [0.25, 0.3) is 0 Å². The van der Waals surface area contributed by atoms with Gasteiger partial charge in [-0.05, 0) is 25.3 Å². The lowest BCUT2D eigenvalue weighted by Crippen LogP contribution is -2.60. The minimum atomic E-state index is 0.212. The van der Waals surface area contributed by atoms with Crippen molar-refractivity contribution in [1.82, 2.24) is 10.2 Å². The first-order chi connectivity index (χ1) is 6.70. The van der Waals surface area contributed by atoms with Gasteiger partial charge in [0, 0.05) is 13.6 Å². The Bertz CT molecular complexity index is 251. The van der Waals surface area contributed by atoms with Crippen molar-refractivity contribution in [3.8, 4) is 0 Å². The molecule has 14 heavy (non-hydrogen) atoms. The Balaban J connectivity index is 2.21. The minimum Gasteiger partial charge on any atom is -0.370 e. The monoisotopic (exact) mass is 196 g/mol. The van der Waals surface area contributed by atoms with E-state index in [1.54, 1.807) is 0 Å². The fourth-order valence-corrected chi connectivity index (χ4v) is 2.81. The van der Waals surface area contributed by atoms with Crippen LogP contribution in [0, 0.1) is 5.92 Å². The van der Waals surface area contributed by atoms with E-state index >= 15 is 0 Å². The van der Waals surface area contributed by atoms with E-state index in [4.69, 9.17) is 5.73 Å². The van der Waals surface area contributed by atoms with Gasteiger partial charge in [-0.15, -0.1) is 0 Å². The van der Waals surface area contributed by atoms with Crippen LogP contribution in [-0.4, -0.2) is 43.1 Å². The first kappa shape index (κ1) is 9.77. The molecule has 0 aromatic rings. The summed E-state index contributed by atoms with van der Waals surface area (Å²) in [6.07, 6.45) is 2.35. The highest BCUT2D eigenvalue weighted by atomic mass is 15.3. The highest BCUT2D eigenvalue weighted by Gasteiger charge is 2.46. The van der Waals surface area contributed by atoms with Crippen molar-refractivity contribution in [3.05, 3.63) is 0 Å². The van der Waals surface area contributed by atoms with Crippen LogP contribution in [-0.2, 0) is 0 Å². The number of likely N-dealkylation sites (N-methyl/N-ethyl adjacent to an activating group) is 1. The number of nitrogens with two attached hydrogens (primary N) is 1. The first-order valence-electron chi connectivity index (χ1n) is 5.45. The quantitative estimate of drug-likeness (QED) is 0.621. The Morgan fingerprint density at radius 2 is 2.50 bits per heavy atom. The van der Waals surface area contributed by atoms with Crippen molar-refractivity contribution >= 4 is 5.96 Å². The van der Waals surface area contributed by atoms with Crippen LogP contribution in [0.2, 0.25) is 0 Å². The largest absolute Gasteiger partial charge is 0.370 e. The van der Waals surface area contributed by atoms with Gasteiger partial charge in [0.1, 0.15) is 0 Å². The molecule has 2 rings (SSSR count). The van der Waals surface area contributed by atoms with Crippen LogP contribution in [0.4, 0.5) is 0 Å².